The van der Waals surface area contributed by atoms with Crippen LogP contribution in [-0.4, -0.2) is 57.7 Å². The second-order valence-electron chi connectivity index (χ2n) is 11.6. The zero-order valence-corrected chi connectivity index (χ0v) is 23.4. The number of piperidine rings is 1. The van der Waals surface area contributed by atoms with Gasteiger partial charge in [0.2, 0.25) is 5.91 Å². The largest absolute Gasteiger partial charge is 0.419 e. The summed E-state index contributed by atoms with van der Waals surface area (Å²) in [5.74, 6) is 0.334. The van der Waals surface area contributed by atoms with Gasteiger partial charge in [0.1, 0.15) is 11.6 Å². The Labute approximate surface area is 228 Å². The van der Waals surface area contributed by atoms with E-state index in [1.807, 2.05) is 4.90 Å². The van der Waals surface area contributed by atoms with Gasteiger partial charge in [0.15, 0.2) is 5.69 Å². The monoisotopic (exact) mass is 553 g/mol. The van der Waals surface area contributed by atoms with Crippen molar-refractivity contribution in [2.24, 2.45) is 5.92 Å². The number of alkyl halides is 3. The molecule has 0 spiro atoms. The van der Waals surface area contributed by atoms with E-state index >= 15 is 0 Å². The van der Waals surface area contributed by atoms with Gasteiger partial charge in [0.25, 0.3) is 0 Å². The molecule has 0 bridgehead atoms. The van der Waals surface area contributed by atoms with Gasteiger partial charge in [0, 0.05) is 24.7 Å². The number of carbonyl (C=O) groups is 1. The fourth-order valence-electron chi connectivity index (χ4n) is 6.55. The van der Waals surface area contributed by atoms with Crippen LogP contribution >= 0.6 is 12.6 Å². The molecule has 3 aliphatic rings. The van der Waals surface area contributed by atoms with Crippen molar-refractivity contribution in [1.82, 2.24) is 15.2 Å². The average molecular weight is 554 g/mol. The molecule has 11 heteroatoms. The highest BCUT2D eigenvalue weighted by Crippen LogP contribution is 2.43. The number of thiol groups is 1. The number of pyridine rings is 1. The third kappa shape index (κ3) is 5.98. The molecule has 1 unspecified atom stereocenters. The molecule has 1 aliphatic carbocycles. The topological polar surface area (TPSA) is 81.5 Å². The fraction of sp³-hybridized carbons (Fsp3) is 0.741. The second kappa shape index (κ2) is 11.3. The van der Waals surface area contributed by atoms with E-state index in [-0.39, 0.29) is 23.7 Å². The van der Waals surface area contributed by atoms with E-state index in [9.17, 15) is 18.0 Å². The fourth-order valence-corrected chi connectivity index (χ4v) is 7.27. The molecule has 1 N–H and O–H groups in total. The van der Waals surface area contributed by atoms with Crippen LogP contribution in [0.15, 0.2) is 12.3 Å². The van der Waals surface area contributed by atoms with Gasteiger partial charge < -0.3 is 10.1 Å². The molecule has 1 aromatic heterocycles. The number of ether oxygens (including phenoxy) is 1. The molecule has 0 radical (unpaired) electrons. The highest BCUT2D eigenvalue weighted by Gasteiger charge is 2.54. The maximum atomic E-state index is 13.5. The molecular formula is C27H38F3N5O2S. The van der Waals surface area contributed by atoms with E-state index in [2.05, 4.69) is 24.1 Å². The molecule has 4 rings (SSSR count). The average Bonchev–Trinajstić information content (AvgIpc) is 3.01. The van der Waals surface area contributed by atoms with Crippen molar-refractivity contribution in [1.29, 1.82) is 5.26 Å². The van der Waals surface area contributed by atoms with Crippen molar-refractivity contribution in [2.75, 3.05) is 11.5 Å². The standard InChI is InChI=1S/C27H38F3N5O2S/c1-16-11-18(12-17(2)33-16)9-10-37-21-7-5-19(6-8-21)35-25(38)34(24(36)26(35,3)4)20-13-22(27(28,29)30)23(14-31)32-15-20/h13,15-19,21,25,33,38H,5-12H2,1-4H3/t16-,17-,19?,21?,25?/m1/s1. The number of nitrogens with zero attached hydrogens (tertiary/aromatic N) is 4. The highest BCUT2D eigenvalue weighted by atomic mass is 32.1. The van der Waals surface area contributed by atoms with Crippen molar-refractivity contribution in [3.8, 4) is 6.07 Å². The van der Waals surface area contributed by atoms with Crippen LogP contribution in [0.3, 0.4) is 0 Å². The first-order chi connectivity index (χ1) is 17.8. The van der Waals surface area contributed by atoms with E-state index < -0.39 is 28.5 Å². The lowest BCUT2D eigenvalue weighted by molar-refractivity contribution is -0.138. The summed E-state index contributed by atoms with van der Waals surface area (Å²) in [4.78, 5) is 20.4. The highest BCUT2D eigenvalue weighted by molar-refractivity contribution is 7.81. The van der Waals surface area contributed by atoms with Crippen molar-refractivity contribution >= 4 is 24.2 Å². The van der Waals surface area contributed by atoms with Crippen LogP contribution < -0.4 is 10.2 Å². The van der Waals surface area contributed by atoms with Crippen molar-refractivity contribution in [3.05, 3.63) is 23.5 Å². The molecule has 0 aromatic carbocycles. The minimum Gasteiger partial charge on any atom is -0.378 e. The number of rotatable bonds is 6. The zero-order chi connectivity index (χ0) is 27.8. The van der Waals surface area contributed by atoms with E-state index in [1.54, 1.807) is 13.8 Å². The lowest BCUT2D eigenvalue weighted by atomic mass is 9.87. The minimum atomic E-state index is -4.76. The van der Waals surface area contributed by atoms with Gasteiger partial charge >= 0.3 is 6.18 Å². The molecule has 3 atom stereocenters. The predicted molar refractivity (Wildman–Crippen MR) is 142 cm³/mol. The van der Waals surface area contributed by atoms with Crippen LogP contribution in [0.2, 0.25) is 0 Å². The van der Waals surface area contributed by atoms with Gasteiger partial charge in [-0.1, -0.05) is 0 Å². The Balaban J connectivity index is 1.39. The lowest BCUT2D eigenvalue weighted by Gasteiger charge is -2.41. The predicted octanol–water partition coefficient (Wildman–Crippen LogP) is 5.11. The number of amides is 1. The van der Waals surface area contributed by atoms with Crippen LogP contribution in [0, 0.1) is 17.2 Å². The Kier molecular flexibility index (Phi) is 8.67. The molecule has 3 fully saturated rings. The van der Waals surface area contributed by atoms with E-state index in [0.717, 1.165) is 51.0 Å². The van der Waals surface area contributed by atoms with E-state index in [0.29, 0.717) is 18.0 Å². The Bertz CT molecular complexity index is 1040. The number of anilines is 1. The Morgan fingerprint density at radius 2 is 1.84 bits per heavy atom. The van der Waals surface area contributed by atoms with E-state index in [4.69, 9.17) is 22.6 Å². The number of hydrogen-bond acceptors (Lipinski definition) is 7. The Morgan fingerprint density at radius 3 is 2.42 bits per heavy atom. The van der Waals surface area contributed by atoms with Crippen LogP contribution in [0.25, 0.3) is 0 Å². The summed E-state index contributed by atoms with van der Waals surface area (Å²) in [5.41, 5.74) is -3.61. The molecule has 2 saturated heterocycles. The Morgan fingerprint density at radius 1 is 1.21 bits per heavy atom. The van der Waals surface area contributed by atoms with Gasteiger partial charge in [0.05, 0.1) is 29.1 Å². The number of hydrogen-bond donors (Lipinski definition) is 2. The first-order valence-corrected chi connectivity index (χ1v) is 14.0. The molecule has 210 valence electrons. The smallest absolute Gasteiger partial charge is 0.378 e. The summed E-state index contributed by atoms with van der Waals surface area (Å²) in [7, 11) is 0. The van der Waals surface area contributed by atoms with Gasteiger partial charge in [-0.15, -0.1) is 12.6 Å². The van der Waals surface area contributed by atoms with Gasteiger partial charge in [-0.2, -0.15) is 18.4 Å². The van der Waals surface area contributed by atoms with Crippen molar-refractivity contribution < 1.29 is 22.7 Å². The number of carbonyl (C=O) groups excluding carboxylic acids is 1. The number of aromatic nitrogens is 1. The molecule has 1 saturated carbocycles. The summed E-state index contributed by atoms with van der Waals surface area (Å²) < 4.78 is 46.9. The molecule has 7 nitrogen and oxygen atoms in total. The summed E-state index contributed by atoms with van der Waals surface area (Å²) in [6.07, 6.45) is 3.33. The minimum absolute atomic E-state index is 0.0181. The molecular weight excluding hydrogens is 515 g/mol. The maximum absolute atomic E-state index is 13.5. The molecule has 38 heavy (non-hydrogen) atoms. The summed E-state index contributed by atoms with van der Waals surface area (Å²) in [5, 5.41) is 12.6. The van der Waals surface area contributed by atoms with Crippen LogP contribution in [-0.2, 0) is 15.7 Å². The summed E-state index contributed by atoms with van der Waals surface area (Å²) >= 11 is 4.70. The van der Waals surface area contributed by atoms with Crippen LogP contribution in [0.1, 0.15) is 83.9 Å². The lowest BCUT2D eigenvalue weighted by Crippen LogP contribution is -2.52. The van der Waals surface area contributed by atoms with Crippen LogP contribution in [0.5, 0.6) is 0 Å². The second-order valence-corrected chi connectivity index (χ2v) is 12.0. The number of nitriles is 1. The molecule has 1 amide bonds. The Hall–Kier alpha value is -1.87. The third-order valence-corrected chi connectivity index (χ3v) is 8.77. The first-order valence-electron chi connectivity index (χ1n) is 13.5. The van der Waals surface area contributed by atoms with Gasteiger partial charge in [-0.3, -0.25) is 14.6 Å². The molecule has 3 heterocycles. The van der Waals surface area contributed by atoms with Gasteiger partial charge in [-0.05, 0) is 84.6 Å². The SMILES string of the molecule is C[C@@H]1CC(CCOC2CCC(N3C(S)N(c4cnc(C#N)c(C(F)(F)F)c4)C(=O)C3(C)C)CC2)C[C@@H](C)N1. The number of halogens is 3. The number of nitrogens with one attached hydrogen (secondary N) is 1. The van der Waals surface area contributed by atoms with Crippen molar-refractivity contribution in [3.63, 3.8) is 0 Å². The summed E-state index contributed by atoms with van der Waals surface area (Å²) in [6, 6.07) is 3.43. The normalized spacial score (nSPS) is 32.4. The summed E-state index contributed by atoms with van der Waals surface area (Å²) in [6.45, 7) is 8.79. The quantitative estimate of drug-likeness (QED) is 0.477. The molecule has 1 aromatic rings. The third-order valence-electron chi connectivity index (χ3n) is 8.29. The maximum Gasteiger partial charge on any atom is 0.419 e. The first kappa shape index (κ1) is 29.1. The van der Waals surface area contributed by atoms with Gasteiger partial charge in [-0.25, -0.2) is 4.98 Å². The van der Waals surface area contributed by atoms with Crippen molar-refractivity contribution in [2.45, 2.75) is 114 Å². The van der Waals surface area contributed by atoms with E-state index in [1.165, 1.54) is 23.8 Å². The van der Waals surface area contributed by atoms with Crippen LogP contribution in [0.4, 0.5) is 18.9 Å². The molecule has 2 aliphatic heterocycles. The zero-order valence-electron chi connectivity index (χ0n) is 22.5.